The molecule has 0 atom stereocenters. The fourth-order valence-corrected chi connectivity index (χ4v) is 4.75. The smallest absolute Gasteiger partial charge is 0.342 e. The molecule has 2 aliphatic rings. The van der Waals surface area contributed by atoms with Crippen molar-refractivity contribution in [2.45, 2.75) is 57.0 Å². The Kier molecular flexibility index (Phi) is 9.96. The lowest BCUT2D eigenvalue weighted by Gasteiger charge is -2.32. The molecule has 38 heavy (non-hydrogen) atoms. The van der Waals surface area contributed by atoms with Gasteiger partial charge in [-0.3, -0.25) is 14.4 Å². The summed E-state index contributed by atoms with van der Waals surface area (Å²) in [5.41, 5.74) is 10.5. The van der Waals surface area contributed by atoms with Crippen molar-refractivity contribution in [2.75, 3.05) is 19.6 Å². The van der Waals surface area contributed by atoms with Crippen LogP contribution in [0.25, 0.3) is 5.57 Å². The number of amides is 1. The maximum atomic E-state index is 12.8. The normalized spacial score (nSPS) is 16.1. The van der Waals surface area contributed by atoms with E-state index in [0.29, 0.717) is 11.6 Å². The number of carbonyl (C=O) groups excluding carboxylic acids is 3. The monoisotopic (exact) mass is 529 g/mol. The predicted molar refractivity (Wildman–Crippen MR) is 134 cm³/mol. The number of allylic oxidation sites excluding steroid dienone is 2. The first-order valence-electron chi connectivity index (χ1n) is 12.5. The Balaban J connectivity index is 0.000000599. The lowest BCUT2D eigenvalue weighted by molar-refractivity contribution is -0.156. The number of aldehydes is 1. The van der Waals surface area contributed by atoms with Crippen LogP contribution in [0.5, 0.6) is 0 Å². The van der Waals surface area contributed by atoms with E-state index < -0.39 is 12.5 Å². The average Bonchev–Trinajstić information content (AvgIpc) is 3.43. The highest BCUT2D eigenvalue weighted by Crippen LogP contribution is 2.35. The summed E-state index contributed by atoms with van der Waals surface area (Å²) in [6.07, 6.45) is 4.53. The number of ketones is 1. The summed E-state index contributed by atoms with van der Waals surface area (Å²) in [6.45, 7) is 1.54. The molecule has 2 heterocycles. The summed E-state index contributed by atoms with van der Waals surface area (Å²) in [6, 6.07) is 8.43. The number of piperidine rings is 1. The van der Waals surface area contributed by atoms with E-state index in [9.17, 15) is 22.8 Å². The molecule has 2 aromatic rings. The van der Waals surface area contributed by atoms with Crippen molar-refractivity contribution in [3.8, 4) is 6.07 Å². The van der Waals surface area contributed by atoms with Gasteiger partial charge in [-0.15, -0.1) is 0 Å². The molecule has 1 aliphatic heterocycles. The van der Waals surface area contributed by atoms with Crippen molar-refractivity contribution >= 4 is 23.5 Å². The molecule has 0 bridgehead atoms. The van der Waals surface area contributed by atoms with Crippen molar-refractivity contribution < 1.29 is 27.6 Å². The zero-order chi connectivity index (χ0) is 27.7. The van der Waals surface area contributed by atoms with Crippen LogP contribution < -0.4 is 5.73 Å². The summed E-state index contributed by atoms with van der Waals surface area (Å²) in [5.74, 6) is 0.521. The van der Waals surface area contributed by atoms with Crippen molar-refractivity contribution in [1.29, 1.82) is 5.26 Å². The number of hydrogen-bond donors (Lipinski definition) is 2. The minimum absolute atomic E-state index is 0.0165. The van der Waals surface area contributed by atoms with Gasteiger partial charge >= 0.3 is 6.18 Å². The molecule has 1 saturated heterocycles. The van der Waals surface area contributed by atoms with Crippen LogP contribution in [0.15, 0.2) is 30.5 Å². The van der Waals surface area contributed by atoms with E-state index in [0.717, 1.165) is 56.3 Å². The summed E-state index contributed by atoms with van der Waals surface area (Å²) in [4.78, 5) is 42.1. The van der Waals surface area contributed by atoms with Crippen molar-refractivity contribution in [1.82, 2.24) is 14.9 Å². The highest BCUT2D eigenvalue weighted by Gasteiger charge is 2.25. The van der Waals surface area contributed by atoms with Gasteiger partial charge in [-0.2, -0.15) is 18.4 Å². The molecule has 1 fully saturated rings. The number of hydrogen-bond acceptors (Lipinski definition) is 6. The molecule has 0 saturated carbocycles. The van der Waals surface area contributed by atoms with Gasteiger partial charge in [-0.05, 0) is 66.7 Å². The van der Waals surface area contributed by atoms with Gasteiger partial charge in [0.1, 0.15) is 11.8 Å². The standard InChI is InChI=1S/C25H29N5O2.C2HF3O/c26-14-21-16-28-25(29-21)23(31)13-20-7-6-19(12-22(20)18-4-2-1-3-5-18)17-8-10-30(11-9-17)24(32)15-27;3-2(4,5)1-6/h4,6-7,12,16-17H,1-3,5,8-11,13,15,27H2,(H,28,29);1H. The van der Waals surface area contributed by atoms with Gasteiger partial charge in [0.05, 0.1) is 12.7 Å². The van der Waals surface area contributed by atoms with E-state index in [-0.39, 0.29) is 30.5 Å². The predicted octanol–water partition coefficient (Wildman–Crippen LogP) is 4.08. The number of nitrogens with two attached hydrogens (primary N) is 1. The SMILES string of the molecule is N#Cc1cnc(C(=O)Cc2ccc(C3CCN(C(=O)CN)CC3)cc2C2=CCCCC2)[nH]1.O=CC(F)(F)F. The topological polar surface area (TPSA) is 133 Å². The van der Waals surface area contributed by atoms with Crippen LogP contribution in [-0.4, -0.2) is 58.7 Å². The summed E-state index contributed by atoms with van der Waals surface area (Å²) in [5, 5.41) is 8.98. The van der Waals surface area contributed by atoms with Gasteiger partial charge in [0.2, 0.25) is 18.0 Å². The van der Waals surface area contributed by atoms with Crippen LogP contribution in [0.3, 0.4) is 0 Å². The van der Waals surface area contributed by atoms with Crippen LogP contribution in [0, 0.1) is 11.3 Å². The highest BCUT2D eigenvalue weighted by molar-refractivity contribution is 5.95. The third-order valence-electron chi connectivity index (χ3n) is 6.71. The number of alkyl halides is 3. The van der Waals surface area contributed by atoms with Crippen molar-refractivity contribution in [3.63, 3.8) is 0 Å². The van der Waals surface area contributed by atoms with Crippen LogP contribution in [0.2, 0.25) is 0 Å². The average molecular weight is 530 g/mol. The van der Waals surface area contributed by atoms with Gasteiger partial charge in [-0.1, -0.05) is 24.3 Å². The molecule has 202 valence electrons. The van der Waals surface area contributed by atoms with Gasteiger partial charge in [0.15, 0.2) is 5.82 Å². The zero-order valence-corrected chi connectivity index (χ0v) is 20.9. The maximum absolute atomic E-state index is 12.8. The number of carbonyl (C=O) groups is 3. The minimum Gasteiger partial charge on any atom is -0.342 e. The van der Waals surface area contributed by atoms with E-state index in [1.165, 1.54) is 23.8 Å². The molecule has 3 N–H and O–H groups in total. The Morgan fingerprint density at radius 2 is 1.95 bits per heavy atom. The quantitative estimate of drug-likeness (QED) is 0.428. The molecule has 4 rings (SSSR count). The number of nitrogens with one attached hydrogen (secondary N) is 1. The number of halogens is 3. The second-order valence-corrected chi connectivity index (χ2v) is 9.27. The Labute approximate surface area is 218 Å². The van der Waals surface area contributed by atoms with Gasteiger partial charge < -0.3 is 15.6 Å². The Bertz CT molecular complexity index is 1220. The number of nitrogens with zero attached hydrogens (tertiary/aromatic N) is 3. The molecule has 0 unspecified atom stereocenters. The molecule has 11 heteroatoms. The first-order chi connectivity index (χ1) is 18.1. The van der Waals surface area contributed by atoms with E-state index in [4.69, 9.17) is 15.8 Å². The fraction of sp³-hybridized carbons (Fsp3) is 0.444. The first kappa shape index (κ1) is 28.8. The minimum atomic E-state index is -4.64. The summed E-state index contributed by atoms with van der Waals surface area (Å²) < 4.78 is 31.2. The number of rotatable bonds is 6. The van der Waals surface area contributed by atoms with E-state index in [1.54, 1.807) is 0 Å². The number of aromatic nitrogens is 2. The van der Waals surface area contributed by atoms with Crippen LogP contribution in [0.1, 0.15) is 77.4 Å². The molecular formula is C27H30F3N5O3. The molecular weight excluding hydrogens is 499 g/mol. The zero-order valence-electron chi connectivity index (χ0n) is 20.9. The van der Waals surface area contributed by atoms with Gasteiger partial charge in [0.25, 0.3) is 0 Å². The largest absolute Gasteiger partial charge is 0.446 e. The fourth-order valence-electron chi connectivity index (χ4n) is 4.75. The van der Waals surface area contributed by atoms with Crippen LogP contribution in [0.4, 0.5) is 13.2 Å². The Morgan fingerprint density at radius 1 is 1.24 bits per heavy atom. The molecule has 8 nitrogen and oxygen atoms in total. The van der Waals surface area contributed by atoms with Gasteiger partial charge in [0, 0.05) is 19.5 Å². The molecule has 1 aliphatic carbocycles. The van der Waals surface area contributed by atoms with Crippen molar-refractivity contribution in [3.05, 3.63) is 58.7 Å². The summed E-state index contributed by atoms with van der Waals surface area (Å²) >= 11 is 0. The third-order valence-corrected chi connectivity index (χ3v) is 6.71. The first-order valence-corrected chi connectivity index (χ1v) is 12.5. The number of benzene rings is 1. The highest BCUT2D eigenvalue weighted by atomic mass is 19.4. The number of Topliss-reactive ketones (excluding diaryl/α,β-unsaturated/α-hetero) is 1. The van der Waals surface area contributed by atoms with Crippen LogP contribution in [-0.2, 0) is 16.0 Å². The number of aromatic amines is 1. The van der Waals surface area contributed by atoms with Crippen molar-refractivity contribution in [2.24, 2.45) is 5.73 Å². The van der Waals surface area contributed by atoms with Gasteiger partial charge in [-0.25, -0.2) is 4.98 Å². The molecule has 1 aromatic carbocycles. The Hall–Kier alpha value is -3.78. The maximum Gasteiger partial charge on any atom is 0.446 e. The summed E-state index contributed by atoms with van der Waals surface area (Å²) in [7, 11) is 0. The van der Waals surface area contributed by atoms with E-state index >= 15 is 0 Å². The molecule has 1 amide bonds. The molecule has 0 spiro atoms. The number of H-pyrrole nitrogens is 1. The second kappa shape index (κ2) is 13.1. The van der Waals surface area contributed by atoms with E-state index in [1.807, 2.05) is 11.0 Å². The number of likely N-dealkylation sites (tertiary alicyclic amines) is 1. The Morgan fingerprint density at radius 3 is 2.50 bits per heavy atom. The number of nitriles is 1. The second-order valence-electron chi connectivity index (χ2n) is 9.27. The number of imidazole rings is 1. The molecule has 1 aromatic heterocycles. The van der Waals surface area contributed by atoms with Crippen LogP contribution >= 0.6 is 0 Å². The third kappa shape index (κ3) is 7.86. The lowest BCUT2D eigenvalue weighted by atomic mass is 9.83. The lowest BCUT2D eigenvalue weighted by Crippen LogP contribution is -2.41. The molecule has 0 radical (unpaired) electrons. The van der Waals surface area contributed by atoms with E-state index in [2.05, 4.69) is 34.2 Å².